The van der Waals surface area contributed by atoms with Gasteiger partial charge in [0.1, 0.15) is 5.78 Å². The summed E-state index contributed by atoms with van der Waals surface area (Å²) in [5, 5.41) is 5.43. The first kappa shape index (κ1) is 19.6. The van der Waals surface area contributed by atoms with Crippen molar-refractivity contribution in [3.63, 3.8) is 0 Å². The Bertz CT molecular complexity index is 341. The Morgan fingerprint density at radius 2 is 1.43 bits per heavy atom. The van der Waals surface area contributed by atoms with Crippen LogP contribution < -0.4 is 10.6 Å². The van der Waals surface area contributed by atoms with Gasteiger partial charge in [-0.2, -0.15) is 0 Å². The van der Waals surface area contributed by atoms with Crippen LogP contribution in [0.15, 0.2) is 0 Å². The molecule has 0 aliphatic rings. The third-order valence-corrected chi connectivity index (χ3v) is 2.88. The number of nitrogens with one attached hydrogen (secondary N) is 2. The Kier molecular flexibility index (Phi) is 10.5. The molecule has 6 nitrogen and oxygen atoms in total. The van der Waals surface area contributed by atoms with E-state index in [1.54, 1.807) is 0 Å². The van der Waals surface area contributed by atoms with Gasteiger partial charge < -0.3 is 15.4 Å². The number of hydrogen-bond donors (Lipinski definition) is 2. The Balaban J connectivity index is 3.45. The van der Waals surface area contributed by atoms with Crippen LogP contribution in [0.2, 0.25) is 0 Å². The lowest BCUT2D eigenvalue weighted by molar-refractivity contribution is -0.126. The van der Waals surface area contributed by atoms with Crippen molar-refractivity contribution < 1.29 is 19.1 Å². The first-order valence-corrected chi connectivity index (χ1v) is 7.49. The van der Waals surface area contributed by atoms with E-state index in [9.17, 15) is 14.4 Å². The molecule has 0 heterocycles. The fourth-order valence-electron chi connectivity index (χ4n) is 1.43. The van der Waals surface area contributed by atoms with E-state index in [2.05, 4.69) is 10.6 Å². The van der Waals surface area contributed by atoms with Gasteiger partial charge in [-0.25, -0.2) is 0 Å². The third-order valence-electron chi connectivity index (χ3n) is 2.88. The molecule has 0 saturated heterocycles. The van der Waals surface area contributed by atoms with E-state index in [-0.39, 0.29) is 42.3 Å². The second-order valence-corrected chi connectivity index (χ2v) is 5.53. The standard InChI is InChI=1S/C15H28N2O4/c1-11(2)13(18)5-6-14(19)16-7-9-21-10-8-17-15(20)12(3)4/h11-12H,5-10H2,1-4H3,(H,16,19)(H,17,20). The zero-order valence-corrected chi connectivity index (χ0v) is 13.5. The van der Waals surface area contributed by atoms with Crippen molar-refractivity contribution in [3.8, 4) is 0 Å². The molecule has 2 amide bonds. The molecular weight excluding hydrogens is 272 g/mol. The topological polar surface area (TPSA) is 84.5 Å². The average Bonchev–Trinajstić information content (AvgIpc) is 2.42. The largest absolute Gasteiger partial charge is 0.378 e. The van der Waals surface area contributed by atoms with Gasteiger partial charge >= 0.3 is 0 Å². The maximum absolute atomic E-state index is 11.4. The summed E-state index contributed by atoms with van der Waals surface area (Å²) in [6.07, 6.45) is 0.507. The maximum atomic E-state index is 11.4. The minimum absolute atomic E-state index is 0.00159. The summed E-state index contributed by atoms with van der Waals surface area (Å²) in [7, 11) is 0. The molecular formula is C15H28N2O4. The molecule has 122 valence electrons. The molecule has 0 spiro atoms. The summed E-state index contributed by atoms with van der Waals surface area (Å²) in [6, 6.07) is 0. The average molecular weight is 300 g/mol. The molecule has 0 aromatic heterocycles. The van der Waals surface area contributed by atoms with Crippen LogP contribution >= 0.6 is 0 Å². The van der Waals surface area contributed by atoms with Gasteiger partial charge in [0.05, 0.1) is 13.2 Å². The van der Waals surface area contributed by atoms with Crippen molar-refractivity contribution in [1.29, 1.82) is 0 Å². The number of hydrogen-bond acceptors (Lipinski definition) is 4. The summed E-state index contributed by atoms with van der Waals surface area (Å²) in [6.45, 7) is 8.99. The van der Waals surface area contributed by atoms with Gasteiger partial charge in [0.2, 0.25) is 11.8 Å². The molecule has 0 aromatic carbocycles. The highest BCUT2D eigenvalue weighted by Crippen LogP contribution is 2.01. The summed E-state index contributed by atoms with van der Waals surface area (Å²) in [4.78, 5) is 34.1. The zero-order chi connectivity index (χ0) is 16.3. The second kappa shape index (κ2) is 11.3. The minimum atomic E-state index is -0.138. The number of rotatable bonds is 11. The first-order chi connectivity index (χ1) is 9.84. The van der Waals surface area contributed by atoms with Gasteiger partial charge in [0.25, 0.3) is 0 Å². The fourth-order valence-corrected chi connectivity index (χ4v) is 1.43. The van der Waals surface area contributed by atoms with E-state index >= 15 is 0 Å². The van der Waals surface area contributed by atoms with Crippen LogP contribution in [0.3, 0.4) is 0 Å². The monoisotopic (exact) mass is 300 g/mol. The number of ether oxygens (including phenoxy) is 1. The predicted molar refractivity (Wildman–Crippen MR) is 80.8 cm³/mol. The smallest absolute Gasteiger partial charge is 0.222 e. The SMILES string of the molecule is CC(C)C(=O)CCC(=O)NCCOCCNC(=O)C(C)C. The van der Waals surface area contributed by atoms with Crippen LogP contribution in [0.5, 0.6) is 0 Å². The highest BCUT2D eigenvalue weighted by Gasteiger charge is 2.09. The molecule has 0 unspecified atom stereocenters. The van der Waals surface area contributed by atoms with Crippen LogP contribution in [0, 0.1) is 11.8 Å². The van der Waals surface area contributed by atoms with Crippen molar-refractivity contribution in [2.75, 3.05) is 26.3 Å². The highest BCUT2D eigenvalue weighted by atomic mass is 16.5. The third kappa shape index (κ3) is 11.0. The van der Waals surface area contributed by atoms with Gasteiger partial charge in [0.15, 0.2) is 0 Å². The lowest BCUT2D eigenvalue weighted by Crippen LogP contribution is -2.32. The van der Waals surface area contributed by atoms with Crippen LogP contribution in [0.25, 0.3) is 0 Å². The lowest BCUT2D eigenvalue weighted by atomic mass is 10.0. The molecule has 0 atom stereocenters. The van der Waals surface area contributed by atoms with Gasteiger partial charge in [-0.05, 0) is 0 Å². The molecule has 6 heteroatoms. The lowest BCUT2D eigenvalue weighted by Gasteiger charge is -2.09. The van der Waals surface area contributed by atoms with Gasteiger partial charge in [-0.1, -0.05) is 27.7 Å². The Labute approximate surface area is 127 Å². The van der Waals surface area contributed by atoms with Crippen molar-refractivity contribution in [1.82, 2.24) is 10.6 Å². The normalized spacial score (nSPS) is 10.8. The van der Waals surface area contributed by atoms with E-state index in [0.717, 1.165) is 0 Å². The van der Waals surface area contributed by atoms with Crippen molar-refractivity contribution in [3.05, 3.63) is 0 Å². The van der Waals surface area contributed by atoms with Crippen LogP contribution in [-0.4, -0.2) is 43.9 Å². The summed E-state index contributed by atoms with van der Waals surface area (Å²) < 4.78 is 5.28. The zero-order valence-electron chi connectivity index (χ0n) is 13.5. The second-order valence-electron chi connectivity index (χ2n) is 5.53. The number of amides is 2. The first-order valence-electron chi connectivity index (χ1n) is 7.49. The van der Waals surface area contributed by atoms with E-state index in [1.807, 2.05) is 27.7 Å². The Hall–Kier alpha value is -1.43. The molecule has 0 bridgehead atoms. The fraction of sp³-hybridized carbons (Fsp3) is 0.800. The highest BCUT2D eigenvalue weighted by molar-refractivity contribution is 5.85. The summed E-state index contributed by atoms with van der Waals surface area (Å²) >= 11 is 0. The summed E-state index contributed by atoms with van der Waals surface area (Å²) in [5.74, 6) is -0.0928. The Morgan fingerprint density at radius 1 is 0.857 bits per heavy atom. The quantitative estimate of drug-likeness (QED) is 0.555. The number of Topliss-reactive ketones (excluding diaryl/α,β-unsaturated/α-hetero) is 1. The van der Waals surface area contributed by atoms with Crippen molar-refractivity contribution >= 4 is 17.6 Å². The number of carbonyl (C=O) groups is 3. The maximum Gasteiger partial charge on any atom is 0.222 e. The molecule has 2 N–H and O–H groups in total. The molecule has 0 aliphatic carbocycles. The molecule has 0 fully saturated rings. The number of carbonyl (C=O) groups excluding carboxylic acids is 3. The predicted octanol–water partition coefficient (Wildman–Crippen LogP) is 0.897. The minimum Gasteiger partial charge on any atom is -0.378 e. The van der Waals surface area contributed by atoms with Crippen LogP contribution in [0.1, 0.15) is 40.5 Å². The van der Waals surface area contributed by atoms with Crippen LogP contribution in [0.4, 0.5) is 0 Å². The van der Waals surface area contributed by atoms with Gasteiger partial charge in [-0.15, -0.1) is 0 Å². The van der Waals surface area contributed by atoms with E-state index in [0.29, 0.717) is 26.3 Å². The van der Waals surface area contributed by atoms with Crippen molar-refractivity contribution in [2.24, 2.45) is 11.8 Å². The molecule has 0 aliphatic heterocycles. The summed E-state index contributed by atoms with van der Waals surface area (Å²) in [5.41, 5.74) is 0. The van der Waals surface area contributed by atoms with E-state index in [1.165, 1.54) is 0 Å². The van der Waals surface area contributed by atoms with Crippen LogP contribution in [-0.2, 0) is 19.1 Å². The van der Waals surface area contributed by atoms with E-state index < -0.39 is 0 Å². The molecule has 21 heavy (non-hydrogen) atoms. The molecule has 0 aromatic rings. The van der Waals surface area contributed by atoms with E-state index in [4.69, 9.17) is 4.74 Å². The molecule has 0 saturated carbocycles. The Morgan fingerprint density at radius 3 is 1.95 bits per heavy atom. The van der Waals surface area contributed by atoms with Gasteiger partial charge in [-0.3, -0.25) is 14.4 Å². The van der Waals surface area contributed by atoms with Crippen molar-refractivity contribution in [2.45, 2.75) is 40.5 Å². The van der Waals surface area contributed by atoms with Gasteiger partial charge in [0, 0.05) is 37.8 Å². The molecule has 0 radical (unpaired) electrons. The molecule has 0 rings (SSSR count). The number of ketones is 1.